The average Bonchev–Trinajstić information content (AvgIpc) is 2.23. The molecule has 0 N–H and O–H groups in total. The Morgan fingerprint density at radius 3 is 2.71 bits per heavy atom. The summed E-state index contributed by atoms with van der Waals surface area (Å²) in [6, 6.07) is 9.01. The van der Waals surface area contributed by atoms with Gasteiger partial charge in [0.05, 0.1) is 13.2 Å². The molecular weight excluding hydrogens is 246 g/mol. The van der Waals surface area contributed by atoms with Gasteiger partial charge in [0.25, 0.3) is 4.60 Å². The van der Waals surface area contributed by atoms with Crippen molar-refractivity contribution in [3.05, 3.63) is 40.1 Å². The molecule has 0 fully saturated rings. The second kappa shape index (κ2) is 3.46. The summed E-state index contributed by atoms with van der Waals surface area (Å²) in [5.41, 5.74) is 0.596. The number of hydrogen-bond donors (Lipinski definition) is 0. The van der Waals surface area contributed by atoms with E-state index in [2.05, 4.69) is 15.9 Å². The standard InChI is InChI=1S/C10H8BrNO2/c1-14-8-4-2-7-3-5-10(11)12(13)9(7)6-8/h2-6H,1H3. The molecule has 1 aromatic heterocycles. The van der Waals surface area contributed by atoms with E-state index >= 15 is 0 Å². The van der Waals surface area contributed by atoms with Crippen LogP contribution in [0.15, 0.2) is 34.9 Å². The summed E-state index contributed by atoms with van der Waals surface area (Å²) >= 11 is 3.17. The second-order valence-corrected chi connectivity index (χ2v) is 3.69. The van der Waals surface area contributed by atoms with E-state index in [9.17, 15) is 5.21 Å². The van der Waals surface area contributed by atoms with Gasteiger partial charge in [-0.2, -0.15) is 4.73 Å². The first-order valence-electron chi connectivity index (χ1n) is 4.08. The molecule has 0 saturated heterocycles. The van der Waals surface area contributed by atoms with Gasteiger partial charge in [0.2, 0.25) is 5.52 Å². The molecule has 2 rings (SSSR count). The van der Waals surface area contributed by atoms with Crippen LogP contribution in [0.25, 0.3) is 10.9 Å². The molecule has 1 heterocycles. The van der Waals surface area contributed by atoms with Crippen LogP contribution >= 0.6 is 15.9 Å². The van der Waals surface area contributed by atoms with Crippen LogP contribution in [0.2, 0.25) is 0 Å². The SMILES string of the molecule is COc1ccc2ccc(Br)[n+]([O-])c2c1. The number of hydrogen-bond acceptors (Lipinski definition) is 2. The first-order valence-corrected chi connectivity index (χ1v) is 4.87. The van der Waals surface area contributed by atoms with Crippen molar-refractivity contribution in [2.45, 2.75) is 0 Å². The summed E-state index contributed by atoms with van der Waals surface area (Å²) in [6.07, 6.45) is 0. The molecule has 0 unspecified atom stereocenters. The molecule has 0 aliphatic carbocycles. The monoisotopic (exact) mass is 253 g/mol. The fourth-order valence-electron chi connectivity index (χ4n) is 1.31. The third kappa shape index (κ3) is 1.42. The van der Waals surface area contributed by atoms with E-state index in [4.69, 9.17) is 4.74 Å². The predicted octanol–water partition coefficient (Wildman–Crippen LogP) is 2.24. The van der Waals surface area contributed by atoms with Crippen molar-refractivity contribution in [1.29, 1.82) is 0 Å². The molecule has 14 heavy (non-hydrogen) atoms. The summed E-state index contributed by atoms with van der Waals surface area (Å²) < 4.78 is 6.38. The molecule has 0 saturated carbocycles. The Morgan fingerprint density at radius 1 is 1.29 bits per heavy atom. The van der Waals surface area contributed by atoms with Gasteiger partial charge in [-0.3, -0.25) is 0 Å². The fraction of sp³-hybridized carbons (Fsp3) is 0.100. The van der Waals surface area contributed by atoms with E-state index in [1.807, 2.05) is 18.2 Å². The maximum Gasteiger partial charge on any atom is 0.259 e. The van der Waals surface area contributed by atoms with Gasteiger partial charge in [-0.1, -0.05) is 0 Å². The number of ether oxygens (including phenoxy) is 1. The highest BCUT2D eigenvalue weighted by atomic mass is 79.9. The first kappa shape index (κ1) is 9.27. The number of rotatable bonds is 1. The summed E-state index contributed by atoms with van der Waals surface area (Å²) in [6.45, 7) is 0. The predicted molar refractivity (Wildman–Crippen MR) is 57.2 cm³/mol. The van der Waals surface area contributed by atoms with Crippen LogP contribution in [0.3, 0.4) is 0 Å². The molecule has 3 nitrogen and oxygen atoms in total. The van der Waals surface area contributed by atoms with Gasteiger partial charge in [0.1, 0.15) is 5.75 Å². The van der Waals surface area contributed by atoms with Crippen LogP contribution in [0, 0.1) is 5.21 Å². The lowest BCUT2D eigenvalue weighted by molar-refractivity contribution is -0.589. The van der Waals surface area contributed by atoms with Crippen molar-refractivity contribution in [2.75, 3.05) is 7.11 Å². The molecule has 0 spiro atoms. The molecule has 1 aromatic carbocycles. The molecule has 72 valence electrons. The molecule has 0 radical (unpaired) electrons. The Bertz CT molecular complexity index is 485. The Morgan fingerprint density at radius 2 is 2.00 bits per heavy atom. The van der Waals surface area contributed by atoms with E-state index in [1.165, 1.54) is 0 Å². The number of nitrogens with zero attached hydrogens (tertiary/aromatic N) is 1. The zero-order valence-electron chi connectivity index (χ0n) is 7.53. The van der Waals surface area contributed by atoms with Gasteiger partial charge in [-0.15, -0.1) is 0 Å². The smallest absolute Gasteiger partial charge is 0.259 e. The molecule has 2 aromatic rings. The summed E-state index contributed by atoms with van der Waals surface area (Å²) in [5.74, 6) is 0.681. The Balaban J connectivity index is 2.78. The minimum absolute atomic E-state index is 0.498. The van der Waals surface area contributed by atoms with Gasteiger partial charge in [0.15, 0.2) is 0 Å². The quantitative estimate of drug-likeness (QED) is 0.444. The number of halogens is 1. The van der Waals surface area contributed by atoms with E-state index in [0.717, 1.165) is 10.1 Å². The highest BCUT2D eigenvalue weighted by molar-refractivity contribution is 9.10. The molecule has 0 bridgehead atoms. The second-order valence-electron chi connectivity index (χ2n) is 2.88. The van der Waals surface area contributed by atoms with Gasteiger partial charge in [0, 0.05) is 27.4 Å². The molecular formula is C10H8BrNO2. The van der Waals surface area contributed by atoms with Gasteiger partial charge in [-0.25, -0.2) is 0 Å². The van der Waals surface area contributed by atoms with Crippen LogP contribution in [-0.4, -0.2) is 7.11 Å². The Labute approximate surface area is 89.6 Å². The fourth-order valence-corrected chi connectivity index (χ4v) is 1.63. The zero-order valence-corrected chi connectivity index (χ0v) is 9.11. The van der Waals surface area contributed by atoms with Crippen molar-refractivity contribution < 1.29 is 9.47 Å². The maximum absolute atomic E-state index is 11.6. The summed E-state index contributed by atoms with van der Waals surface area (Å²) in [5, 5.41) is 12.5. The van der Waals surface area contributed by atoms with Gasteiger partial charge < -0.3 is 9.94 Å². The lowest BCUT2D eigenvalue weighted by atomic mass is 10.2. The molecule has 0 aliphatic heterocycles. The van der Waals surface area contributed by atoms with Gasteiger partial charge in [-0.05, 0) is 18.2 Å². The van der Waals surface area contributed by atoms with E-state index < -0.39 is 0 Å². The highest BCUT2D eigenvalue weighted by Gasteiger charge is 2.08. The van der Waals surface area contributed by atoms with E-state index in [0.29, 0.717) is 15.9 Å². The van der Waals surface area contributed by atoms with Crippen molar-refractivity contribution in [1.82, 2.24) is 0 Å². The van der Waals surface area contributed by atoms with Crippen molar-refractivity contribution >= 4 is 26.8 Å². The van der Waals surface area contributed by atoms with Crippen molar-refractivity contribution in [3.8, 4) is 5.75 Å². The molecule has 0 atom stereocenters. The normalized spacial score (nSPS) is 10.4. The van der Waals surface area contributed by atoms with E-state index in [-0.39, 0.29) is 0 Å². The minimum atomic E-state index is 0.498. The number of fused-ring (bicyclic) bond motifs is 1. The third-order valence-corrected chi connectivity index (χ3v) is 2.64. The van der Waals surface area contributed by atoms with Crippen molar-refractivity contribution in [2.24, 2.45) is 0 Å². The molecule has 0 amide bonds. The topological polar surface area (TPSA) is 36.2 Å². The molecule has 0 aliphatic rings. The number of aromatic nitrogens is 1. The number of methoxy groups -OCH3 is 1. The third-order valence-electron chi connectivity index (χ3n) is 2.05. The zero-order chi connectivity index (χ0) is 10.1. The summed E-state index contributed by atoms with van der Waals surface area (Å²) in [7, 11) is 1.58. The largest absolute Gasteiger partial charge is 0.617 e. The van der Waals surface area contributed by atoms with E-state index in [1.54, 1.807) is 19.2 Å². The number of benzene rings is 1. The lowest BCUT2D eigenvalue weighted by Crippen LogP contribution is -2.28. The van der Waals surface area contributed by atoms with Crippen LogP contribution in [0.5, 0.6) is 5.75 Å². The maximum atomic E-state index is 11.6. The highest BCUT2D eigenvalue weighted by Crippen LogP contribution is 2.19. The lowest BCUT2D eigenvalue weighted by Gasteiger charge is -2.04. The average molecular weight is 254 g/mol. The van der Waals surface area contributed by atoms with Crippen LogP contribution in [0.1, 0.15) is 0 Å². The summed E-state index contributed by atoms with van der Waals surface area (Å²) in [4.78, 5) is 0. The van der Waals surface area contributed by atoms with Crippen LogP contribution < -0.4 is 9.47 Å². The van der Waals surface area contributed by atoms with Crippen LogP contribution in [0.4, 0.5) is 0 Å². The van der Waals surface area contributed by atoms with Crippen LogP contribution in [-0.2, 0) is 0 Å². The van der Waals surface area contributed by atoms with Crippen molar-refractivity contribution in [3.63, 3.8) is 0 Å². The minimum Gasteiger partial charge on any atom is -0.617 e. The van der Waals surface area contributed by atoms with Gasteiger partial charge >= 0.3 is 0 Å². The Kier molecular flexibility index (Phi) is 2.29. The first-order chi connectivity index (χ1) is 6.72. The Hall–Kier alpha value is -1.29. The molecule has 4 heteroatoms. The number of pyridine rings is 1.